The van der Waals surface area contributed by atoms with Gasteiger partial charge in [-0.15, -0.1) is 0 Å². The van der Waals surface area contributed by atoms with E-state index < -0.39 is 0 Å². The fourth-order valence-electron chi connectivity index (χ4n) is 3.60. The van der Waals surface area contributed by atoms with Gasteiger partial charge in [-0.05, 0) is 31.9 Å². The molecule has 32 heavy (non-hydrogen) atoms. The molecule has 0 radical (unpaired) electrons. The smallest absolute Gasteiger partial charge is 0.409 e. The zero-order valence-electron chi connectivity index (χ0n) is 17.6. The third-order valence-corrected chi connectivity index (χ3v) is 6.12. The van der Waals surface area contributed by atoms with Gasteiger partial charge in [-0.25, -0.2) is 9.78 Å². The van der Waals surface area contributed by atoms with Crippen LogP contribution in [0, 0.1) is 0 Å². The summed E-state index contributed by atoms with van der Waals surface area (Å²) in [6.07, 6.45) is 2.48. The van der Waals surface area contributed by atoms with Crippen molar-refractivity contribution in [1.82, 2.24) is 30.0 Å². The van der Waals surface area contributed by atoms with Crippen LogP contribution in [-0.2, 0) is 9.53 Å². The Morgan fingerprint density at radius 1 is 1.25 bits per heavy atom. The number of fused-ring (bicyclic) bond motifs is 1. The standard InChI is InChI=1S/C21H24N6O4S/c1-2-31-21(30)26-10-8-14(9-11-26)23-17(28)13-32-20-24-18-16(12-22-25-18)19(29)27(20)15-6-4-3-5-7-15/h3-7,12,14H,2,8-11,13H2,1H3,(H,22,25)(H,23,28). The number of hydrogen-bond acceptors (Lipinski definition) is 7. The van der Waals surface area contributed by atoms with Gasteiger partial charge in [0.05, 0.1) is 24.2 Å². The topological polar surface area (TPSA) is 122 Å². The molecule has 2 aromatic heterocycles. The molecule has 10 nitrogen and oxygen atoms in total. The van der Waals surface area contributed by atoms with Gasteiger partial charge in [-0.2, -0.15) is 5.10 Å². The van der Waals surface area contributed by atoms with Gasteiger partial charge in [0.2, 0.25) is 5.91 Å². The van der Waals surface area contributed by atoms with Gasteiger partial charge in [0, 0.05) is 19.1 Å². The van der Waals surface area contributed by atoms with Crippen LogP contribution in [0.25, 0.3) is 16.7 Å². The number of benzene rings is 1. The van der Waals surface area contributed by atoms with E-state index in [1.165, 1.54) is 22.5 Å². The number of aromatic amines is 1. The minimum absolute atomic E-state index is 0.00635. The van der Waals surface area contributed by atoms with Crippen LogP contribution >= 0.6 is 11.8 Å². The SMILES string of the molecule is CCOC(=O)N1CCC(NC(=O)CSc2nc3[nH]ncc3c(=O)n2-c2ccccc2)CC1. The number of para-hydroxylation sites is 1. The van der Waals surface area contributed by atoms with Gasteiger partial charge >= 0.3 is 6.09 Å². The van der Waals surface area contributed by atoms with Crippen LogP contribution in [0.3, 0.4) is 0 Å². The Balaban J connectivity index is 1.42. The van der Waals surface area contributed by atoms with Crippen LogP contribution in [0.5, 0.6) is 0 Å². The molecule has 1 saturated heterocycles. The summed E-state index contributed by atoms with van der Waals surface area (Å²) in [5, 5.41) is 10.4. The number of carbonyl (C=O) groups is 2. The van der Waals surface area contributed by atoms with E-state index in [-0.39, 0.29) is 29.4 Å². The van der Waals surface area contributed by atoms with E-state index in [0.29, 0.717) is 54.4 Å². The average molecular weight is 457 g/mol. The molecule has 1 aliphatic heterocycles. The van der Waals surface area contributed by atoms with Crippen molar-refractivity contribution in [2.75, 3.05) is 25.4 Å². The van der Waals surface area contributed by atoms with Gasteiger partial charge in [0.25, 0.3) is 5.56 Å². The van der Waals surface area contributed by atoms with E-state index in [1.54, 1.807) is 11.8 Å². The second kappa shape index (κ2) is 9.86. The predicted molar refractivity (Wildman–Crippen MR) is 120 cm³/mol. The number of nitrogens with zero attached hydrogens (tertiary/aromatic N) is 4. The molecule has 0 bridgehead atoms. The fourth-order valence-corrected chi connectivity index (χ4v) is 4.41. The first-order valence-corrected chi connectivity index (χ1v) is 11.4. The maximum absolute atomic E-state index is 13.0. The maximum atomic E-state index is 13.0. The largest absolute Gasteiger partial charge is 0.450 e. The second-order valence-electron chi connectivity index (χ2n) is 7.32. The third-order valence-electron chi connectivity index (χ3n) is 5.18. The zero-order chi connectivity index (χ0) is 22.5. The minimum Gasteiger partial charge on any atom is -0.450 e. The number of hydrogen-bond donors (Lipinski definition) is 2. The summed E-state index contributed by atoms with van der Waals surface area (Å²) in [6, 6.07) is 9.17. The van der Waals surface area contributed by atoms with Crippen LogP contribution in [0.15, 0.2) is 46.5 Å². The normalized spacial score (nSPS) is 14.5. The molecule has 1 aromatic carbocycles. The Labute approximate surface area is 188 Å². The number of piperidine rings is 1. The molecule has 3 aromatic rings. The van der Waals surface area contributed by atoms with Crippen molar-refractivity contribution in [3.05, 3.63) is 46.9 Å². The summed E-state index contributed by atoms with van der Waals surface area (Å²) >= 11 is 1.19. The summed E-state index contributed by atoms with van der Waals surface area (Å²) < 4.78 is 6.52. The van der Waals surface area contributed by atoms with Gasteiger partial charge < -0.3 is 15.0 Å². The maximum Gasteiger partial charge on any atom is 0.409 e. The molecule has 168 valence electrons. The predicted octanol–water partition coefficient (Wildman–Crippen LogP) is 1.94. The number of aromatic nitrogens is 4. The van der Waals surface area contributed by atoms with Crippen LogP contribution < -0.4 is 10.9 Å². The number of ether oxygens (including phenoxy) is 1. The number of H-pyrrole nitrogens is 1. The second-order valence-corrected chi connectivity index (χ2v) is 8.26. The lowest BCUT2D eigenvalue weighted by Gasteiger charge is -2.31. The van der Waals surface area contributed by atoms with Gasteiger partial charge in [0.1, 0.15) is 5.39 Å². The Hall–Kier alpha value is -3.34. The lowest BCUT2D eigenvalue weighted by atomic mass is 10.1. The summed E-state index contributed by atoms with van der Waals surface area (Å²) in [5.74, 6) is -0.0417. The lowest BCUT2D eigenvalue weighted by molar-refractivity contribution is -0.119. The number of nitrogens with one attached hydrogen (secondary N) is 2. The molecule has 0 unspecified atom stereocenters. The van der Waals surface area contributed by atoms with Crippen molar-refractivity contribution in [2.45, 2.75) is 31.0 Å². The monoisotopic (exact) mass is 456 g/mol. The molecule has 0 aliphatic carbocycles. The third kappa shape index (κ3) is 4.77. The molecular formula is C21H24N6O4S. The minimum atomic E-state index is -0.313. The number of amides is 2. The fraction of sp³-hybridized carbons (Fsp3) is 0.381. The summed E-state index contributed by atoms with van der Waals surface area (Å²) in [7, 11) is 0. The van der Waals surface area contributed by atoms with Crippen molar-refractivity contribution in [3.63, 3.8) is 0 Å². The highest BCUT2D eigenvalue weighted by molar-refractivity contribution is 7.99. The first-order valence-electron chi connectivity index (χ1n) is 10.4. The first-order chi connectivity index (χ1) is 15.6. The lowest BCUT2D eigenvalue weighted by Crippen LogP contribution is -2.47. The van der Waals surface area contributed by atoms with E-state index in [1.807, 2.05) is 30.3 Å². The van der Waals surface area contributed by atoms with Crippen molar-refractivity contribution < 1.29 is 14.3 Å². The van der Waals surface area contributed by atoms with Gasteiger partial charge in [0.15, 0.2) is 10.8 Å². The summed E-state index contributed by atoms with van der Waals surface area (Å²) in [5.41, 5.74) is 0.808. The van der Waals surface area contributed by atoms with Crippen LogP contribution in [0.1, 0.15) is 19.8 Å². The Bertz CT molecular complexity index is 1150. The highest BCUT2D eigenvalue weighted by Gasteiger charge is 2.25. The van der Waals surface area contributed by atoms with Crippen molar-refractivity contribution >= 4 is 34.8 Å². The van der Waals surface area contributed by atoms with E-state index in [9.17, 15) is 14.4 Å². The Kier molecular flexibility index (Phi) is 6.74. The van der Waals surface area contributed by atoms with E-state index in [2.05, 4.69) is 20.5 Å². The van der Waals surface area contributed by atoms with Crippen molar-refractivity contribution in [2.24, 2.45) is 0 Å². The van der Waals surface area contributed by atoms with Crippen LogP contribution in [0.4, 0.5) is 4.79 Å². The molecule has 11 heteroatoms. The van der Waals surface area contributed by atoms with Crippen LogP contribution in [0.2, 0.25) is 0 Å². The highest BCUT2D eigenvalue weighted by atomic mass is 32.2. The molecule has 2 amide bonds. The molecule has 0 spiro atoms. The quantitative estimate of drug-likeness (QED) is 0.429. The van der Waals surface area contributed by atoms with Gasteiger partial charge in [-0.3, -0.25) is 19.3 Å². The van der Waals surface area contributed by atoms with Gasteiger partial charge in [-0.1, -0.05) is 30.0 Å². The molecule has 2 N–H and O–H groups in total. The molecule has 0 saturated carbocycles. The summed E-state index contributed by atoms with van der Waals surface area (Å²) in [4.78, 5) is 43.6. The van der Waals surface area contributed by atoms with Crippen molar-refractivity contribution in [1.29, 1.82) is 0 Å². The van der Waals surface area contributed by atoms with E-state index in [0.717, 1.165) is 0 Å². The Morgan fingerprint density at radius 3 is 2.72 bits per heavy atom. The zero-order valence-corrected chi connectivity index (χ0v) is 18.4. The molecule has 0 atom stereocenters. The number of rotatable bonds is 6. The highest BCUT2D eigenvalue weighted by Crippen LogP contribution is 2.20. The molecule has 1 fully saturated rings. The number of thioether (sulfide) groups is 1. The molecular weight excluding hydrogens is 432 g/mol. The van der Waals surface area contributed by atoms with Crippen LogP contribution in [-0.4, -0.2) is 68.1 Å². The molecule has 4 rings (SSSR count). The van der Waals surface area contributed by atoms with E-state index >= 15 is 0 Å². The first kappa shape index (κ1) is 21.9. The number of likely N-dealkylation sites (tertiary alicyclic amines) is 1. The Morgan fingerprint density at radius 2 is 2.00 bits per heavy atom. The summed E-state index contributed by atoms with van der Waals surface area (Å²) in [6.45, 7) is 3.21. The average Bonchev–Trinajstić information content (AvgIpc) is 3.28. The molecule has 1 aliphatic rings. The molecule has 3 heterocycles. The van der Waals surface area contributed by atoms with Crippen molar-refractivity contribution in [3.8, 4) is 5.69 Å². The van der Waals surface area contributed by atoms with E-state index in [4.69, 9.17) is 4.74 Å². The number of carbonyl (C=O) groups excluding carboxylic acids is 2.